The van der Waals surface area contributed by atoms with Gasteiger partial charge in [0.25, 0.3) is 15.9 Å². The molecule has 196 valence electrons. The molecule has 2 amide bonds. The van der Waals surface area contributed by atoms with Crippen molar-refractivity contribution in [2.45, 2.75) is 23.8 Å². The molecule has 1 aliphatic heterocycles. The number of benzene rings is 3. The van der Waals surface area contributed by atoms with E-state index in [1.165, 1.54) is 24.3 Å². The molecule has 3 N–H and O–H groups in total. The number of hydrogen-bond acceptors (Lipinski definition) is 6. The Morgan fingerprint density at radius 3 is 2.08 bits per heavy atom. The molecule has 0 aliphatic carbocycles. The van der Waals surface area contributed by atoms with E-state index in [2.05, 4.69) is 5.32 Å². The van der Waals surface area contributed by atoms with Gasteiger partial charge in [-0.05, 0) is 61.4 Å². The average molecular weight is 545 g/mol. The fourth-order valence-corrected chi connectivity index (χ4v) is 5.01. The van der Waals surface area contributed by atoms with Gasteiger partial charge in [0.1, 0.15) is 0 Å². The minimum Gasteiger partial charge on any atom is -0.364 e. The van der Waals surface area contributed by atoms with Gasteiger partial charge in [0.2, 0.25) is 5.91 Å². The molecular formula is C26H29ClN4O5S. The topological polar surface area (TPSA) is 122 Å². The molecule has 0 unspecified atom stereocenters. The maximum Gasteiger partial charge on any atom is 0.295 e. The number of nitrogens with zero attached hydrogens (tertiary/aromatic N) is 2. The SMILES string of the molecule is Cl.NC1CCN(C(=O)CNC(=O)c2ccc(S(=O)(=O)N(Oc3ccccc3)c3ccccc3)cc2)CC1. The number of hydrogen-bond donors (Lipinski definition) is 2. The second-order valence-corrected chi connectivity index (χ2v) is 10.2. The molecule has 1 aliphatic rings. The fraction of sp³-hybridized carbons (Fsp3) is 0.231. The molecule has 0 bridgehead atoms. The molecule has 1 saturated heterocycles. The highest BCUT2D eigenvalue weighted by molar-refractivity contribution is 7.92. The summed E-state index contributed by atoms with van der Waals surface area (Å²) in [5.74, 6) is -0.297. The van der Waals surface area contributed by atoms with Crippen molar-refractivity contribution in [2.24, 2.45) is 5.73 Å². The van der Waals surface area contributed by atoms with E-state index in [1.807, 2.05) is 0 Å². The van der Waals surface area contributed by atoms with Gasteiger partial charge in [0, 0.05) is 24.7 Å². The molecule has 0 aromatic heterocycles. The molecule has 9 nitrogen and oxygen atoms in total. The van der Waals surface area contributed by atoms with Crippen molar-refractivity contribution in [3.05, 3.63) is 90.5 Å². The summed E-state index contributed by atoms with van der Waals surface area (Å²) in [6, 6.07) is 22.6. The summed E-state index contributed by atoms with van der Waals surface area (Å²) in [5.41, 5.74) is 6.42. The van der Waals surface area contributed by atoms with Crippen molar-refractivity contribution in [1.82, 2.24) is 10.2 Å². The molecule has 0 atom stereocenters. The maximum absolute atomic E-state index is 13.5. The molecule has 4 rings (SSSR count). The standard InChI is InChI=1S/C26H28N4O5S.ClH/c27-21-15-17-29(18-16-21)25(31)19-28-26(32)20-11-13-24(14-12-20)36(33,34)30(22-7-3-1-4-8-22)35-23-9-5-2-6-10-23;/h1-14,21H,15-19,27H2,(H,28,32);1H. The van der Waals surface area contributed by atoms with E-state index in [9.17, 15) is 18.0 Å². The van der Waals surface area contributed by atoms with Gasteiger partial charge in [-0.15, -0.1) is 12.4 Å². The number of carbonyl (C=O) groups is 2. The summed E-state index contributed by atoms with van der Waals surface area (Å²) in [6.07, 6.45) is 1.48. The molecule has 1 fully saturated rings. The number of anilines is 1. The Hall–Kier alpha value is -3.60. The summed E-state index contributed by atoms with van der Waals surface area (Å²) in [7, 11) is -4.13. The summed E-state index contributed by atoms with van der Waals surface area (Å²) in [6.45, 7) is 1.01. The van der Waals surface area contributed by atoms with Crippen LogP contribution in [0, 0.1) is 0 Å². The predicted octanol–water partition coefficient (Wildman–Crippen LogP) is 2.98. The van der Waals surface area contributed by atoms with Crippen molar-refractivity contribution in [1.29, 1.82) is 0 Å². The Kier molecular flexibility index (Phi) is 9.51. The highest BCUT2D eigenvalue weighted by Gasteiger charge is 2.28. The van der Waals surface area contributed by atoms with Gasteiger partial charge in [-0.25, -0.2) is 0 Å². The third-order valence-electron chi connectivity index (χ3n) is 5.82. The van der Waals surface area contributed by atoms with E-state index < -0.39 is 15.9 Å². The van der Waals surface area contributed by atoms with Crippen LogP contribution in [0.5, 0.6) is 5.75 Å². The second-order valence-electron chi connectivity index (χ2n) is 8.40. The van der Waals surface area contributed by atoms with Crippen LogP contribution in [0.4, 0.5) is 5.69 Å². The molecule has 37 heavy (non-hydrogen) atoms. The van der Waals surface area contributed by atoms with Crippen molar-refractivity contribution < 1.29 is 22.8 Å². The number of nitrogens with one attached hydrogen (secondary N) is 1. The summed E-state index contributed by atoms with van der Waals surface area (Å²) in [5, 5.41) is 2.60. The van der Waals surface area contributed by atoms with Gasteiger partial charge in [0.15, 0.2) is 5.75 Å². The number of carbonyl (C=O) groups excluding carboxylic acids is 2. The second kappa shape index (κ2) is 12.6. The summed E-state index contributed by atoms with van der Waals surface area (Å²) in [4.78, 5) is 32.3. The maximum atomic E-state index is 13.5. The van der Waals surface area contributed by atoms with Crippen molar-refractivity contribution in [2.75, 3.05) is 24.1 Å². The quantitative estimate of drug-likeness (QED) is 0.420. The first kappa shape index (κ1) is 28.0. The molecule has 0 spiro atoms. The molecule has 3 aromatic carbocycles. The molecule has 0 radical (unpaired) electrons. The zero-order chi connectivity index (χ0) is 25.5. The van der Waals surface area contributed by atoms with Gasteiger partial charge in [-0.2, -0.15) is 8.42 Å². The Morgan fingerprint density at radius 2 is 1.49 bits per heavy atom. The molecular weight excluding hydrogens is 516 g/mol. The van der Waals surface area contributed by atoms with Crippen LogP contribution in [0.3, 0.4) is 0 Å². The van der Waals surface area contributed by atoms with E-state index >= 15 is 0 Å². The van der Waals surface area contributed by atoms with Gasteiger partial charge in [0.05, 0.1) is 17.1 Å². The number of para-hydroxylation sites is 2. The normalized spacial score (nSPS) is 13.8. The predicted molar refractivity (Wildman–Crippen MR) is 143 cm³/mol. The van der Waals surface area contributed by atoms with Crippen LogP contribution in [0.1, 0.15) is 23.2 Å². The van der Waals surface area contributed by atoms with Crippen LogP contribution in [0.25, 0.3) is 0 Å². The lowest BCUT2D eigenvalue weighted by atomic mass is 10.1. The Balaban J connectivity index is 0.00000380. The Labute approximate surface area is 222 Å². The van der Waals surface area contributed by atoms with Gasteiger partial charge in [-0.3, -0.25) is 9.59 Å². The van der Waals surface area contributed by atoms with E-state index in [4.69, 9.17) is 10.6 Å². The van der Waals surface area contributed by atoms with Crippen molar-refractivity contribution in [3.8, 4) is 5.75 Å². The van der Waals surface area contributed by atoms with Gasteiger partial charge in [-0.1, -0.05) is 40.9 Å². The third-order valence-corrected chi connectivity index (χ3v) is 7.41. The zero-order valence-corrected chi connectivity index (χ0v) is 21.7. The lowest BCUT2D eigenvalue weighted by molar-refractivity contribution is -0.131. The van der Waals surface area contributed by atoms with E-state index in [1.54, 1.807) is 65.6 Å². The van der Waals surface area contributed by atoms with Crippen LogP contribution in [-0.4, -0.2) is 50.8 Å². The average Bonchev–Trinajstić information content (AvgIpc) is 2.91. The van der Waals surface area contributed by atoms with Crippen LogP contribution in [-0.2, 0) is 14.8 Å². The van der Waals surface area contributed by atoms with E-state index in [0.717, 1.165) is 17.3 Å². The Morgan fingerprint density at radius 1 is 0.919 bits per heavy atom. The summed E-state index contributed by atoms with van der Waals surface area (Å²) >= 11 is 0. The zero-order valence-electron chi connectivity index (χ0n) is 20.0. The highest BCUT2D eigenvalue weighted by Crippen LogP contribution is 2.26. The number of amides is 2. The number of nitrogens with two attached hydrogens (primary N) is 1. The third kappa shape index (κ3) is 7.00. The Bertz CT molecular complexity index is 1280. The summed E-state index contributed by atoms with van der Waals surface area (Å²) < 4.78 is 27.8. The first-order valence-electron chi connectivity index (χ1n) is 11.6. The van der Waals surface area contributed by atoms with Gasteiger partial charge < -0.3 is 20.8 Å². The largest absolute Gasteiger partial charge is 0.364 e. The first-order chi connectivity index (χ1) is 17.3. The van der Waals surface area contributed by atoms with Crippen LogP contribution in [0.15, 0.2) is 89.8 Å². The van der Waals surface area contributed by atoms with Crippen molar-refractivity contribution >= 4 is 39.9 Å². The minimum absolute atomic E-state index is 0. The number of likely N-dealkylation sites (tertiary alicyclic amines) is 1. The van der Waals surface area contributed by atoms with Crippen LogP contribution >= 0.6 is 12.4 Å². The molecule has 0 saturated carbocycles. The van der Waals surface area contributed by atoms with Crippen LogP contribution < -0.4 is 20.4 Å². The van der Waals surface area contributed by atoms with E-state index in [0.29, 0.717) is 24.5 Å². The lowest BCUT2D eigenvalue weighted by Crippen LogP contribution is -2.46. The minimum atomic E-state index is -4.13. The van der Waals surface area contributed by atoms with Gasteiger partial charge >= 0.3 is 0 Å². The smallest absolute Gasteiger partial charge is 0.295 e. The van der Waals surface area contributed by atoms with Crippen molar-refractivity contribution in [3.63, 3.8) is 0 Å². The lowest BCUT2D eigenvalue weighted by Gasteiger charge is -2.30. The monoisotopic (exact) mass is 544 g/mol. The van der Waals surface area contributed by atoms with Crippen LogP contribution in [0.2, 0.25) is 0 Å². The highest BCUT2D eigenvalue weighted by atomic mass is 35.5. The number of rotatable bonds is 8. The number of piperidine rings is 1. The molecule has 3 aromatic rings. The molecule has 11 heteroatoms. The van der Waals surface area contributed by atoms with E-state index in [-0.39, 0.29) is 41.4 Å². The first-order valence-corrected chi connectivity index (χ1v) is 13.0. The number of sulfonamides is 1. The fourth-order valence-electron chi connectivity index (χ4n) is 3.76. The molecule has 1 heterocycles. The number of halogens is 1.